The summed E-state index contributed by atoms with van der Waals surface area (Å²) in [5.41, 5.74) is 1.18. The van der Waals surface area contributed by atoms with E-state index in [4.69, 9.17) is 4.74 Å². The SMILES string of the molecule is CCCCOc1ccc[c]c1CC. The number of unbranched alkanes of at least 4 members (excludes halogenated alkanes) is 1. The number of ether oxygens (including phenoxy) is 1. The maximum atomic E-state index is 5.64. The minimum atomic E-state index is 0.821. The first-order chi connectivity index (χ1) is 6.38. The van der Waals surface area contributed by atoms with Crippen molar-refractivity contribution in [2.24, 2.45) is 0 Å². The summed E-state index contributed by atoms with van der Waals surface area (Å²) in [6.07, 6.45) is 3.29. The van der Waals surface area contributed by atoms with Crippen molar-refractivity contribution >= 4 is 0 Å². The highest BCUT2D eigenvalue weighted by Gasteiger charge is 1.99. The molecule has 0 aliphatic carbocycles. The Morgan fingerprint density at radius 3 is 2.92 bits per heavy atom. The zero-order valence-corrected chi connectivity index (χ0v) is 8.47. The lowest BCUT2D eigenvalue weighted by atomic mass is 10.1. The van der Waals surface area contributed by atoms with Crippen LogP contribution < -0.4 is 4.74 Å². The quantitative estimate of drug-likeness (QED) is 0.627. The molecule has 1 aromatic carbocycles. The Labute approximate surface area is 80.7 Å². The normalized spacial score (nSPS) is 10.0. The van der Waals surface area contributed by atoms with Crippen LogP contribution in [-0.2, 0) is 6.42 Å². The Balaban J connectivity index is 2.54. The summed E-state index contributed by atoms with van der Waals surface area (Å²) in [6.45, 7) is 5.11. The van der Waals surface area contributed by atoms with Crippen molar-refractivity contribution in [1.29, 1.82) is 0 Å². The van der Waals surface area contributed by atoms with E-state index in [1.54, 1.807) is 0 Å². The number of aryl methyl sites for hydroxylation is 1. The van der Waals surface area contributed by atoms with Gasteiger partial charge in [0.15, 0.2) is 0 Å². The summed E-state index contributed by atoms with van der Waals surface area (Å²) in [5, 5.41) is 0. The highest BCUT2D eigenvalue weighted by molar-refractivity contribution is 5.32. The second kappa shape index (κ2) is 5.63. The lowest BCUT2D eigenvalue weighted by Gasteiger charge is -2.08. The van der Waals surface area contributed by atoms with Gasteiger partial charge in [-0.1, -0.05) is 32.4 Å². The molecule has 0 bridgehead atoms. The molecule has 0 fully saturated rings. The van der Waals surface area contributed by atoms with Crippen LogP contribution in [0.1, 0.15) is 32.3 Å². The predicted octanol–water partition coefficient (Wildman–Crippen LogP) is 3.23. The standard InChI is InChI=1S/C12H17O/c1-3-5-10-13-12-9-7-6-8-11(12)4-2/h6-7,9H,3-5,10H2,1-2H3. The Morgan fingerprint density at radius 1 is 1.38 bits per heavy atom. The molecule has 0 aliphatic rings. The second-order valence-corrected chi connectivity index (χ2v) is 3.07. The summed E-state index contributed by atoms with van der Waals surface area (Å²) >= 11 is 0. The monoisotopic (exact) mass is 177 g/mol. The molecule has 1 radical (unpaired) electrons. The maximum absolute atomic E-state index is 5.64. The second-order valence-electron chi connectivity index (χ2n) is 3.07. The summed E-state index contributed by atoms with van der Waals surface area (Å²) < 4.78 is 5.64. The van der Waals surface area contributed by atoms with Crippen LogP contribution in [0.3, 0.4) is 0 Å². The van der Waals surface area contributed by atoms with Crippen LogP contribution in [0.4, 0.5) is 0 Å². The van der Waals surface area contributed by atoms with Gasteiger partial charge < -0.3 is 4.74 Å². The van der Waals surface area contributed by atoms with Crippen LogP contribution in [0, 0.1) is 6.07 Å². The Kier molecular flexibility index (Phi) is 4.37. The topological polar surface area (TPSA) is 9.23 Å². The molecule has 1 rings (SSSR count). The third kappa shape index (κ3) is 3.10. The van der Waals surface area contributed by atoms with Crippen molar-refractivity contribution in [2.75, 3.05) is 6.61 Å². The molecule has 0 saturated heterocycles. The molecule has 13 heavy (non-hydrogen) atoms. The van der Waals surface area contributed by atoms with Crippen molar-refractivity contribution in [3.8, 4) is 5.75 Å². The molecular formula is C12H17O. The summed E-state index contributed by atoms with van der Waals surface area (Å²) in [7, 11) is 0. The van der Waals surface area contributed by atoms with E-state index in [0.717, 1.165) is 25.2 Å². The average Bonchev–Trinajstić information content (AvgIpc) is 2.19. The molecule has 0 atom stereocenters. The van der Waals surface area contributed by atoms with Gasteiger partial charge >= 0.3 is 0 Å². The van der Waals surface area contributed by atoms with Gasteiger partial charge in [0.05, 0.1) is 6.61 Å². The van der Waals surface area contributed by atoms with E-state index in [1.165, 1.54) is 12.0 Å². The van der Waals surface area contributed by atoms with Gasteiger partial charge in [0, 0.05) is 5.56 Å². The summed E-state index contributed by atoms with van der Waals surface area (Å²) in [6, 6.07) is 9.12. The Bertz CT molecular complexity index is 243. The maximum Gasteiger partial charge on any atom is 0.123 e. The number of hydrogen-bond donors (Lipinski definition) is 0. The lowest BCUT2D eigenvalue weighted by Crippen LogP contribution is -1.99. The molecule has 0 aromatic heterocycles. The first kappa shape index (κ1) is 10.1. The summed E-state index contributed by atoms with van der Waals surface area (Å²) in [5.74, 6) is 0.999. The first-order valence-corrected chi connectivity index (χ1v) is 5.00. The molecule has 0 saturated carbocycles. The molecule has 0 N–H and O–H groups in total. The summed E-state index contributed by atoms with van der Waals surface area (Å²) in [4.78, 5) is 0. The highest BCUT2D eigenvalue weighted by atomic mass is 16.5. The van der Waals surface area contributed by atoms with Gasteiger partial charge in [-0.3, -0.25) is 0 Å². The zero-order chi connectivity index (χ0) is 9.52. The third-order valence-electron chi connectivity index (χ3n) is 2.01. The van der Waals surface area contributed by atoms with Gasteiger partial charge in [0.1, 0.15) is 5.75 Å². The fraction of sp³-hybridized carbons (Fsp3) is 0.500. The van der Waals surface area contributed by atoms with E-state index in [0.29, 0.717) is 0 Å². The largest absolute Gasteiger partial charge is 0.493 e. The van der Waals surface area contributed by atoms with Gasteiger partial charge in [-0.15, -0.1) is 0 Å². The van der Waals surface area contributed by atoms with Gasteiger partial charge in [-0.05, 0) is 25.0 Å². The molecule has 0 spiro atoms. The fourth-order valence-corrected chi connectivity index (χ4v) is 1.19. The van der Waals surface area contributed by atoms with E-state index >= 15 is 0 Å². The van der Waals surface area contributed by atoms with Crippen LogP contribution >= 0.6 is 0 Å². The smallest absolute Gasteiger partial charge is 0.123 e. The van der Waals surface area contributed by atoms with Gasteiger partial charge in [0.2, 0.25) is 0 Å². The van der Waals surface area contributed by atoms with Crippen LogP contribution in [0.15, 0.2) is 18.2 Å². The molecule has 0 heterocycles. The molecule has 0 amide bonds. The van der Waals surface area contributed by atoms with Crippen molar-refractivity contribution in [3.05, 3.63) is 29.8 Å². The molecule has 1 heteroatoms. The van der Waals surface area contributed by atoms with Crippen molar-refractivity contribution in [1.82, 2.24) is 0 Å². The third-order valence-corrected chi connectivity index (χ3v) is 2.01. The first-order valence-electron chi connectivity index (χ1n) is 5.00. The van der Waals surface area contributed by atoms with E-state index < -0.39 is 0 Å². The van der Waals surface area contributed by atoms with Crippen molar-refractivity contribution in [3.63, 3.8) is 0 Å². The zero-order valence-electron chi connectivity index (χ0n) is 8.47. The van der Waals surface area contributed by atoms with Crippen molar-refractivity contribution in [2.45, 2.75) is 33.1 Å². The van der Waals surface area contributed by atoms with E-state index in [1.807, 2.05) is 18.2 Å². The number of rotatable bonds is 5. The number of hydrogen-bond acceptors (Lipinski definition) is 1. The number of benzene rings is 1. The molecular weight excluding hydrogens is 160 g/mol. The molecule has 71 valence electrons. The van der Waals surface area contributed by atoms with Crippen molar-refractivity contribution < 1.29 is 4.74 Å². The van der Waals surface area contributed by atoms with E-state index in [-0.39, 0.29) is 0 Å². The van der Waals surface area contributed by atoms with Gasteiger partial charge in [-0.25, -0.2) is 0 Å². The molecule has 1 aromatic rings. The average molecular weight is 177 g/mol. The highest BCUT2D eigenvalue weighted by Crippen LogP contribution is 2.17. The van der Waals surface area contributed by atoms with Crippen LogP contribution in [0.2, 0.25) is 0 Å². The molecule has 0 unspecified atom stereocenters. The minimum absolute atomic E-state index is 0.821. The van der Waals surface area contributed by atoms with Crippen LogP contribution in [0.5, 0.6) is 5.75 Å². The lowest BCUT2D eigenvalue weighted by molar-refractivity contribution is 0.306. The molecule has 1 nitrogen and oxygen atoms in total. The van der Waals surface area contributed by atoms with Gasteiger partial charge in [0.25, 0.3) is 0 Å². The Morgan fingerprint density at radius 2 is 2.23 bits per heavy atom. The van der Waals surface area contributed by atoms with E-state index in [9.17, 15) is 0 Å². The Hall–Kier alpha value is -0.980. The van der Waals surface area contributed by atoms with Gasteiger partial charge in [-0.2, -0.15) is 0 Å². The molecule has 0 aliphatic heterocycles. The van der Waals surface area contributed by atoms with Crippen LogP contribution in [-0.4, -0.2) is 6.61 Å². The van der Waals surface area contributed by atoms with E-state index in [2.05, 4.69) is 19.9 Å². The minimum Gasteiger partial charge on any atom is -0.493 e. The fourth-order valence-electron chi connectivity index (χ4n) is 1.19. The van der Waals surface area contributed by atoms with Crippen LogP contribution in [0.25, 0.3) is 0 Å². The predicted molar refractivity (Wildman–Crippen MR) is 55.1 cm³/mol.